The third-order valence-corrected chi connectivity index (χ3v) is 5.55. The van der Waals surface area contributed by atoms with Crippen molar-refractivity contribution in [1.29, 1.82) is 0 Å². The van der Waals surface area contributed by atoms with Gasteiger partial charge in [0.2, 0.25) is 11.8 Å². The summed E-state index contributed by atoms with van der Waals surface area (Å²) in [5.74, 6) is -0.746. The second-order valence-corrected chi connectivity index (χ2v) is 8.58. The molecular weight excluding hydrogens is 383 g/mol. The number of halogens is 2. The Morgan fingerprint density at radius 2 is 1.78 bits per heavy atom. The molecule has 2 amide bonds. The highest BCUT2D eigenvalue weighted by molar-refractivity contribution is 6.44. The topological polar surface area (TPSA) is 49.4 Å². The summed E-state index contributed by atoms with van der Waals surface area (Å²) < 4.78 is 0. The number of hydrogen-bond donors (Lipinski definition) is 1. The van der Waals surface area contributed by atoms with Crippen molar-refractivity contribution in [2.75, 3.05) is 16.8 Å². The van der Waals surface area contributed by atoms with Gasteiger partial charge in [0, 0.05) is 18.7 Å². The van der Waals surface area contributed by atoms with Crippen LogP contribution in [0.3, 0.4) is 0 Å². The Balaban J connectivity index is 1.70. The highest BCUT2D eigenvalue weighted by Gasteiger charge is 2.36. The van der Waals surface area contributed by atoms with Crippen LogP contribution in [0, 0.1) is 5.92 Å². The van der Waals surface area contributed by atoms with Gasteiger partial charge in [0.05, 0.1) is 21.7 Å². The van der Waals surface area contributed by atoms with Crippen LogP contribution in [0.2, 0.25) is 10.0 Å². The normalized spacial score (nSPS) is 17.3. The van der Waals surface area contributed by atoms with E-state index in [4.69, 9.17) is 23.2 Å². The Morgan fingerprint density at radius 1 is 1.11 bits per heavy atom. The van der Waals surface area contributed by atoms with Crippen LogP contribution in [0.25, 0.3) is 0 Å². The number of anilines is 2. The van der Waals surface area contributed by atoms with Crippen molar-refractivity contribution in [3.05, 3.63) is 58.1 Å². The predicted octanol–water partition coefficient (Wildman–Crippen LogP) is 5.28. The van der Waals surface area contributed by atoms with Crippen LogP contribution >= 0.6 is 23.2 Å². The van der Waals surface area contributed by atoms with Crippen molar-refractivity contribution in [3.63, 3.8) is 0 Å². The summed E-state index contributed by atoms with van der Waals surface area (Å²) >= 11 is 12.3. The molecule has 0 radical (unpaired) electrons. The minimum absolute atomic E-state index is 0.0527. The number of nitrogens with one attached hydrogen (secondary N) is 1. The Morgan fingerprint density at radius 3 is 2.41 bits per heavy atom. The molecular formula is C21H22Cl2N2O2. The van der Waals surface area contributed by atoms with Gasteiger partial charge in [0.25, 0.3) is 0 Å². The number of carbonyl (C=O) groups excluding carboxylic acids is 2. The zero-order valence-electron chi connectivity index (χ0n) is 15.6. The number of rotatable bonds is 3. The second kappa shape index (κ2) is 7.53. The highest BCUT2D eigenvalue weighted by atomic mass is 35.5. The van der Waals surface area contributed by atoms with E-state index in [0.717, 1.165) is 5.69 Å². The molecule has 1 atom stereocenters. The predicted molar refractivity (Wildman–Crippen MR) is 111 cm³/mol. The van der Waals surface area contributed by atoms with Crippen LogP contribution in [0.5, 0.6) is 0 Å². The number of benzene rings is 2. The van der Waals surface area contributed by atoms with E-state index in [9.17, 15) is 9.59 Å². The van der Waals surface area contributed by atoms with E-state index in [-0.39, 0.29) is 30.2 Å². The van der Waals surface area contributed by atoms with Crippen LogP contribution < -0.4 is 10.2 Å². The molecule has 27 heavy (non-hydrogen) atoms. The second-order valence-electron chi connectivity index (χ2n) is 7.79. The monoisotopic (exact) mass is 404 g/mol. The van der Waals surface area contributed by atoms with Gasteiger partial charge in [-0.2, -0.15) is 0 Å². The van der Waals surface area contributed by atoms with Crippen LogP contribution in [0.4, 0.5) is 11.4 Å². The van der Waals surface area contributed by atoms with E-state index >= 15 is 0 Å². The maximum Gasteiger partial charge on any atom is 0.229 e. The Bertz CT molecular complexity index is 873. The fraction of sp³-hybridized carbons (Fsp3) is 0.333. The molecule has 0 aliphatic carbocycles. The molecule has 1 heterocycles. The van der Waals surface area contributed by atoms with Crippen LogP contribution in [-0.4, -0.2) is 18.4 Å². The first kappa shape index (κ1) is 19.7. The lowest BCUT2D eigenvalue weighted by molar-refractivity contribution is -0.122. The van der Waals surface area contributed by atoms with Crippen molar-refractivity contribution in [2.45, 2.75) is 32.6 Å². The molecule has 3 rings (SSSR count). The van der Waals surface area contributed by atoms with Crippen LogP contribution in [0.1, 0.15) is 32.8 Å². The molecule has 1 N–H and O–H groups in total. The fourth-order valence-corrected chi connectivity index (χ4v) is 3.51. The first-order chi connectivity index (χ1) is 12.7. The van der Waals surface area contributed by atoms with Crippen molar-refractivity contribution in [2.24, 2.45) is 5.92 Å². The quantitative estimate of drug-likeness (QED) is 0.755. The molecule has 0 spiro atoms. The van der Waals surface area contributed by atoms with Crippen molar-refractivity contribution >= 4 is 46.4 Å². The Hall–Kier alpha value is -2.04. The summed E-state index contributed by atoms with van der Waals surface area (Å²) in [6.45, 7) is 6.70. The molecule has 4 nitrogen and oxygen atoms in total. The molecule has 0 aromatic heterocycles. The van der Waals surface area contributed by atoms with Gasteiger partial charge in [0.1, 0.15) is 0 Å². The molecule has 0 bridgehead atoms. The number of amides is 2. The summed E-state index contributed by atoms with van der Waals surface area (Å²) in [5, 5.41) is 3.61. The van der Waals surface area contributed by atoms with Crippen molar-refractivity contribution in [3.8, 4) is 0 Å². The molecule has 0 saturated carbocycles. The molecule has 1 saturated heterocycles. The summed E-state index contributed by atoms with van der Waals surface area (Å²) in [6, 6.07) is 12.9. The van der Waals surface area contributed by atoms with E-state index in [1.807, 2.05) is 24.3 Å². The van der Waals surface area contributed by atoms with Crippen LogP contribution in [0.15, 0.2) is 42.5 Å². The summed E-state index contributed by atoms with van der Waals surface area (Å²) in [5.41, 5.74) is 2.51. The standard InChI is InChI=1S/C21H22Cl2N2O2/c1-21(2,3)14-7-9-15(10-8-14)24-20(27)13-11-18(26)25(12-13)17-6-4-5-16(22)19(17)23/h4-10,13H,11-12H2,1-3H3,(H,24,27)/t13-/m0/s1. The molecule has 6 heteroatoms. The van der Waals surface area contributed by atoms with E-state index in [1.54, 1.807) is 18.2 Å². The largest absolute Gasteiger partial charge is 0.326 e. The zero-order chi connectivity index (χ0) is 19.8. The lowest BCUT2D eigenvalue weighted by Crippen LogP contribution is -2.28. The van der Waals surface area contributed by atoms with E-state index < -0.39 is 5.92 Å². The average molecular weight is 405 g/mol. The molecule has 142 valence electrons. The zero-order valence-corrected chi connectivity index (χ0v) is 17.1. The molecule has 0 unspecified atom stereocenters. The van der Waals surface area contributed by atoms with E-state index in [0.29, 0.717) is 15.7 Å². The van der Waals surface area contributed by atoms with Gasteiger partial charge in [-0.25, -0.2) is 0 Å². The van der Waals surface area contributed by atoms with Crippen LogP contribution in [-0.2, 0) is 15.0 Å². The SMILES string of the molecule is CC(C)(C)c1ccc(NC(=O)[C@H]2CC(=O)N(c3cccc(Cl)c3Cl)C2)cc1. The molecule has 1 fully saturated rings. The van der Waals surface area contributed by atoms with Gasteiger partial charge in [0.15, 0.2) is 0 Å². The molecule has 2 aromatic carbocycles. The summed E-state index contributed by atoms with van der Waals surface area (Å²) in [7, 11) is 0. The lowest BCUT2D eigenvalue weighted by Gasteiger charge is -2.20. The summed E-state index contributed by atoms with van der Waals surface area (Å²) in [6.07, 6.45) is 0.148. The number of nitrogens with zero attached hydrogens (tertiary/aromatic N) is 1. The molecule has 2 aromatic rings. The third kappa shape index (κ3) is 4.28. The maximum atomic E-state index is 12.6. The average Bonchev–Trinajstić information content (AvgIpc) is 2.99. The smallest absolute Gasteiger partial charge is 0.229 e. The van der Waals surface area contributed by atoms with Gasteiger partial charge in [-0.3, -0.25) is 9.59 Å². The number of carbonyl (C=O) groups is 2. The maximum absolute atomic E-state index is 12.6. The first-order valence-corrected chi connectivity index (χ1v) is 9.58. The van der Waals surface area contributed by atoms with Crippen molar-refractivity contribution in [1.82, 2.24) is 0 Å². The Labute approximate surface area is 169 Å². The van der Waals surface area contributed by atoms with Crippen molar-refractivity contribution < 1.29 is 9.59 Å². The van der Waals surface area contributed by atoms with E-state index in [1.165, 1.54) is 10.5 Å². The minimum atomic E-state index is -0.435. The molecule has 1 aliphatic rings. The first-order valence-electron chi connectivity index (χ1n) is 8.82. The number of hydrogen-bond acceptors (Lipinski definition) is 2. The van der Waals surface area contributed by atoms with Gasteiger partial charge in [-0.05, 0) is 35.2 Å². The van der Waals surface area contributed by atoms with Gasteiger partial charge in [-0.15, -0.1) is 0 Å². The van der Waals surface area contributed by atoms with Gasteiger partial charge >= 0.3 is 0 Å². The van der Waals surface area contributed by atoms with E-state index in [2.05, 4.69) is 26.1 Å². The lowest BCUT2D eigenvalue weighted by atomic mass is 9.87. The van der Waals surface area contributed by atoms with Gasteiger partial charge < -0.3 is 10.2 Å². The van der Waals surface area contributed by atoms with Gasteiger partial charge in [-0.1, -0.05) is 62.2 Å². The fourth-order valence-electron chi connectivity index (χ4n) is 3.11. The highest BCUT2D eigenvalue weighted by Crippen LogP contribution is 2.36. The Kier molecular flexibility index (Phi) is 5.50. The summed E-state index contributed by atoms with van der Waals surface area (Å²) in [4.78, 5) is 26.6. The molecule has 1 aliphatic heterocycles. The minimum Gasteiger partial charge on any atom is -0.326 e. The third-order valence-electron chi connectivity index (χ3n) is 4.74.